The van der Waals surface area contributed by atoms with Crippen LogP contribution in [0.5, 0.6) is 0 Å². The largest absolute Gasteiger partial charge is 0.424 e. The van der Waals surface area contributed by atoms with Gasteiger partial charge in [0.15, 0.2) is 5.76 Å². The number of benzene rings is 1. The van der Waals surface area contributed by atoms with Gasteiger partial charge in [0.2, 0.25) is 0 Å². The van der Waals surface area contributed by atoms with Crippen LogP contribution in [0.15, 0.2) is 27.2 Å². The highest BCUT2D eigenvalue weighted by molar-refractivity contribution is 9.10. The van der Waals surface area contributed by atoms with Crippen molar-refractivity contribution in [1.82, 2.24) is 4.98 Å². The average molecular weight is 267 g/mol. The molecule has 0 aliphatic carbocycles. The first-order chi connectivity index (χ1) is 7.09. The SMILES string of the molecule is Cc1ccc(-c2cnc(N)o2)c(C)c1Br. The fourth-order valence-corrected chi connectivity index (χ4v) is 1.85. The van der Waals surface area contributed by atoms with E-state index in [-0.39, 0.29) is 6.01 Å². The fourth-order valence-electron chi connectivity index (χ4n) is 1.50. The molecule has 0 spiro atoms. The Bertz CT molecular complexity index is 505. The molecule has 1 aromatic heterocycles. The maximum atomic E-state index is 5.44. The number of rotatable bonds is 1. The number of nitrogen functional groups attached to an aromatic ring is 1. The smallest absolute Gasteiger partial charge is 0.292 e. The second kappa shape index (κ2) is 3.70. The second-order valence-electron chi connectivity index (χ2n) is 3.43. The first kappa shape index (κ1) is 10.2. The van der Waals surface area contributed by atoms with Crippen molar-refractivity contribution in [2.24, 2.45) is 0 Å². The van der Waals surface area contributed by atoms with Crippen LogP contribution in [0.2, 0.25) is 0 Å². The van der Waals surface area contributed by atoms with Crippen LogP contribution < -0.4 is 5.73 Å². The average Bonchev–Trinajstić information content (AvgIpc) is 2.61. The molecule has 0 saturated heterocycles. The molecule has 0 radical (unpaired) electrons. The first-order valence-electron chi connectivity index (χ1n) is 4.57. The van der Waals surface area contributed by atoms with E-state index in [9.17, 15) is 0 Å². The molecular weight excluding hydrogens is 256 g/mol. The monoisotopic (exact) mass is 266 g/mol. The molecule has 15 heavy (non-hydrogen) atoms. The molecular formula is C11H11BrN2O. The number of halogens is 1. The lowest BCUT2D eigenvalue weighted by Gasteiger charge is -2.06. The quantitative estimate of drug-likeness (QED) is 0.862. The summed E-state index contributed by atoms with van der Waals surface area (Å²) in [7, 11) is 0. The highest BCUT2D eigenvalue weighted by atomic mass is 79.9. The Balaban J connectivity index is 2.59. The third-order valence-electron chi connectivity index (χ3n) is 2.37. The number of anilines is 1. The topological polar surface area (TPSA) is 52.0 Å². The number of nitrogens with zero attached hydrogens (tertiary/aromatic N) is 1. The van der Waals surface area contributed by atoms with Crippen LogP contribution in [0, 0.1) is 13.8 Å². The minimum atomic E-state index is 0.195. The van der Waals surface area contributed by atoms with Crippen LogP contribution in [-0.4, -0.2) is 4.98 Å². The highest BCUT2D eigenvalue weighted by Gasteiger charge is 2.10. The van der Waals surface area contributed by atoms with Crippen LogP contribution in [0.3, 0.4) is 0 Å². The zero-order valence-corrected chi connectivity index (χ0v) is 10.1. The summed E-state index contributed by atoms with van der Waals surface area (Å²) in [6, 6.07) is 4.24. The van der Waals surface area contributed by atoms with Crippen molar-refractivity contribution in [3.05, 3.63) is 33.9 Å². The summed E-state index contributed by atoms with van der Waals surface area (Å²) in [5.41, 5.74) is 8.78. The van der Waals surface area contributed by atoms with Gasteiger partial charge in [0.25, 0.3) is 6.01 Å². The lowest BCUT2D eigenvalue weighted by molar-refractivity contribution is 0.594. The summed E-state index contributed by atoms with van der Waals surface area (Å²) < 4.78 is 6.38. The normalized spacial score (nSPS) is 10.6. The van der Waals surface area contributed by atoms with Crippen molar-refractivity contribution in [3.8, 4) is 11.3 Å². The van der Waals surface area contributed by atoms with Crippen LogP contribution >= 0.6 is 15.9 Å². The van der Waals surface area contributed by atoms with E-state index in [2.05, 4.69) is 27.8 Å². The minimum absolute atomic E-state index is 0.195. The lowest BCUT2D eigenvalue weighted by atomic mass is 10.0. The highest BCUT2D eigenvalue weighted by Crippen LogP contribution is 2.31. The molecule has 0 amide bonds. The maximum Gasteiger partial charge on any atom is 0.292 e. The third-order valence-corrected chi connectivity index (χ3v) is 3.59. The molecule has 0 unspecified atom stereocenters. The Morgan fingerprint density at radius 1 is 1.33 bits per heavy atom. The van der Waals surface area contributed by atoms with Crippen molar-refractivity contribution in [2.45, 2.75) is 13.8 Å². The van der Waals surface area contributed by atoms with Crippen LogP contribution in [0.4, 0.5) is 6.01 Å². The van der Waals surface area contributed by atoms with Crippen molar-refractivity contribution < 1.29 is 4.42 Å². The van der Waals surface area contributed by atoms with Crippen molar-refractivity contribution in [2.75, 3.05) is 5.73 Å². The van der Waals surface area contributed by atoms with E-state index in [0.29, 0.717) is 5.76 Å². The lowest BCUT2D eigenvalue weighted by Crippen LogP contribution is -1.86. The Morgan fingerprint density at radius 2 is 2.07 bits per heavy atom. The molecule has 4 heteroatoms. The van der Waals surface area contributed by atoms with Gasteiger partial charge in [-0.05, 0) is 25.0 Å². The number of nitrogens with two attached hydrogens (primary N) is 1. The molecule has 1 heterocycles. The van der Waals surface area contributed by atoms with E-state index >= 15 is 0 Å². The predicted molar refractivity (Wildman–Crippen MR) is 63.5 cm³/mol. The minimum Gasteiger partial charge on any atom is -0.424 e. The van der Waals surface area contributed by atoms with Gasteiger partial charge in [0.1, 0.15) is 0 Å². The van der Waals surface area contributed by atoms with Gasteiger partial charge >= 0.3 is 0 Å². The van der Waals surface area contributed by atoms with E-state index in [4.69, 9.17) is 10.2 Å². The molecule has 0 aliphatic heterocycles. The number of hydrogen-bond acceptors (Lipinski definition) is 3. The van der Waals surface area contributed by atoms with Gasteiger partial charge in [-0.15, -0.1) is 0 Å². The van der Waals surface area contributed by atoms with Crippen LogP contribution in [0.25, 0.3) is 11.3 Å². The molecule has 0 fully saturated rings. The fraction of sp³-hybridized carbons (Fsp3) is 0.182. The van der Waals surface area contributed by atoms with Gasteiger partial charge in [0.05, 0.1) is 6.20 Å². The van der Waals surface area contributed by atoms with Crippen molar-refractivity contribution in [1.29, 1.82) is 0 Å². The first-order valence-corrected chi connectivity index (χ1v) is 5.36. The Kier molecular flexibility index (Phi) is 2.52. The molecule has 2 rings (SSSR count). The zero-order valence-electron chi connectivity index (χ0n) is 8.54. The van der Waals surface area contributed by atoms with Gasteiger partial charge in [0, 0.05) is 10.0 Å². The van der Waals surface area contributed by atoms with E-state index in [0.717, 1.165) is 15.6 Å². The number of aryl methyl sites for hydroxylation is 1. The van der Waals surface area contributed by atoms with E-state index in [1.54, 1.807) is 6.20 Å². The summed E-state index contributed by atoms with van der Waals surface area (Å²) in [5.74, 6) is 0.700. The third kappa shape index (κ3) is 1.77. The standard InChI is InChI=1S/C11H11BrN2O/c1-6-3-4-8(7(2)10(6)12)9-5-14-11(13)15-9/h3-5H,1-2H3,(H2,13,14). The maximum absolute atomic E-state index is 5.44. The van der Waals surface area contributed by atoms with Crippen LogP contribution in [0.1, 0.15) is 11.1 Å². The molecule has 1 aromatic carbocycles. The summed E-state index contributed by atoms with van der Waals surface area (Å²) >= 11 is 3.54. The van der Waals surface area contributed by atoms with Gasteiger partial charge in [-0.2, -0.15) is 0 Å². The molecule has 0 saturated carbocycles. The Morgan fingerprint density at radius 3 is 2.67 bits per heavy atom. The van der Waals surface area contributed by atoms with E-state index in [1.807, 2.05) is 19.1 Å². The van der Waals surface area contributed by atoms with Gasteiger partial charge in [-0.25, -0.2) is 4.98 Å². The van der Waals surface area contributed by atoms with Gasteiger partial charge in [-0.1, -0.05) is 28.1 Å². The molecule has 0 atom stereocenters. The molecule has 2 aromatic rings. The van der Waals surface area contributed by atoms with E-state index in [1.165, 1.54) is 5.56 Å². The van der Waals surface area contributed by atoms with Crippen LogP contribution in [-0.2, 0) is 0 Å². The number of oxazole rings is 1. The molecule has 0 bridgehead atoms. The molecule has 0 aliphatic rings. The van der Waals surface area contributed by atoms with E-state index < -0.39 is 0 Å². The summed E-state index contributed by atoms with van der Waals surface area (Å²) in [5, 5.41) is 0. The predicted octanol–water partition coefficient (Wildman–Crippen LogP) is 3.30. The van der Waals surface area contributed by atoms with Gasteiger partial charge in [-0.3, -0.25) is 0 Å². The second-order valence-corrected chi connectivity index (χ2v) is 4.22. The number of aromatic nitrogens is 1. The summed E-state index contributed by atoms with van der Waals surface area (Å²) in [6.45, 7) is 4.08. The Labute approximate surface area is 96.4 Å². The molecule has 78 valence electrons. The molecule has 3 nitrogen and oxygen atoms in total. The summed E-state index contributed by atoms with van der Waals surface area (Å²) in [6.07, 6.45) is 1.64. The molecule has 2 N–H and O–H groups in total. The van der Waals surface area contributed by atoms with Crippen molar-refractivity contribution in [3.63, 3.8) is 0 Å². The Hall–Kier alpha value is -1.29. The number of hydrogen-bond donors (Lipinski definition) is 1. The van der Waals surface area contributed by atoms with Gasteiger partial charge < -0.3 is 10.2 Å². The van der Waals surface area contributed by atoms with Crippen molar-refractivity contribution >= 4 is 21.9 Å². The summed E-state index contributed by atoms with van der Waals surface area (Å²) in [4.78, 5) is 3.88. The zero-order chi connectivity index (χ0) is 11.0.